The van der Waals surface area contributed by atoms with Crippen molar-refractivity contribution in [2.75, 3.05) is 6.61 Å². The van der Waals surface area contributed by atoms with E-state index in [0.717, 1.165) is 21.8 Å². The van der Waals surface area contributed by atoms with Gasteiger partial charge < -0.3 is 14.6 Å². The molecule has 0 atom stereocenters. The fraction of sp³-hybridized carbons (Fsp3) is 0.429. The summed E-state index contributed by atoms with van der Waals surface area (Å²) in [6.45, 7) is 0.320. The van der Waals surface area contributed by atoms with Crippen LogP contribution in [0.15, 0.2) is 25.6 Å². The van der Waals surface area contributed by atoms with Crippen LogP contribution in [0.3, 0.4) is 0 Å². The number of esters is 1. The van der Waals surface area contributed by atoms with Crippen LogP contribution in [0.4, 0.5) is 0 Å². The number of carboxylic acid groups (broad SMARTS) is 1. The number of unbranched alkanes of at least 4 members (excludes halogenated alkanes) is 3. The molecule has 1 aromatic rings. The van der Waals surface area contributed by atoms with Crippen LogP contribution in [-0.2, 0) is 9.53 Å². The lowest BCUT2D eigenvalue weighted by atomic mass is 10.1. The van der Waals surface area contributed by atoms with Crippen molar-refractivity contribution in [1.29, 1.82) is 0 Å². The maximum atomic E-state index is 12.0. The Morgan fingerprint density at radius 1 is 1.05 bits per heavy atom. The molecule has 0 spiro atoms. The molecule has 0 N–H and O–H groups in total. The molecular weight excluding hydrogens is 472 g/mol. The number of benzene rings is 1. The molecule has 0 heterocycles. The molecule has 0 aromatic heterocycles. The minimum Gasteiger partial charge on any atom is -0.550 e. The quantitative estimate of drug-likeness (QED) is 0.319. The average Bonchev–Trinajstić information content (AvgIpc) is 2.41. The first-order valence-corrected chi connectivity index (χ1v) is 8.81. The summed E-state index contributed by atoms with van der Waals surface area (Å²) in [7, 11) is 0. The third-order valence-corrected chi connectivity index (χ3v) is 5.19. The zero-order chi connectivity index (χ0) is 15.8. The number of rotatable bonds is 8. The summed E-state index contributed by atoms with van der Waals surface area (Å²) in [5, 5.41) is 10.2. The summed E-state index contributed by atoms with van der Waals surface area (Å²) in [6, 6.07) is 3.52. The van der Waals surface area contributed by atoms with Crippen molar-refractivity contribution >= 4 is 59.7 Å². The van der Waals surface area contributed by atoms with Gasteiger partial charge in [-0.1, -0.05) is 28.8 Å². The molecule has 1 aromatic carbocycles. The fourth-order valence-corrected chi connectivity index (χ4v) is 3.29. The lowest BCUT2D eigenvalue weighted by molar-refractivity contribution is -0.305. The van der Waals surface area contributed by atoms with Crippen LogP contribution in [0.1, 0.15) is 42.5 Å². The van der Waals surface area contributed by atoms with Crippen LogP contribution in [0.5, 0.6) is 0 Å². The summed E-state index contributed by atoms with van der Waals surface area (Å²) in [5.74, 6) is -1.41. The third kappa shape index (κ3) is 6.93. The number of carbonyl (C=O) groups excluding carboxylic acids is 2. The summed E-state index contributed by atoms with van der Waals surface area (Å²) >= 11 is 10.0. The molecule has 0 aliphatic carbocycles. The highest BCUT2D eigenvalue weighted by Crippen LogP contribution is 2.31. The summed E-state index contributed by atoms with van der Waals surface area (Å²) in [4.78, 5) is 22.2. The van der Waals surface area contributed by atoms with Crippen molar-refractivity contribution in [3.8, 4) is 0 Å². The minimum atomic E-state index is -1.02. The molecule has 0 unspecified atom stereocenters. The van der Waals surface area contributed by atoms with Crippen LogP contribution in [0.25, 0.3) is 0 Å². The van der Waals surface area contributed by atoms with E-state index in [1.807, 2.05) is 6.07 Å². The van der Waals surface area contributed by atoms with E-state index < -0.39 is 11.9 Å². The highest BCUT2D eigenvalue weighted by atomic mass is 79.9. The Morgan fingerprint density at radius 3 is 2.38 bits per heavy atom. The Balaban J connectivity index is 2.33. The van der Waals surface area contributed by atoms with E-state index in [9.17, 15) is 14.7 Å². The second-order valence-corrected chi connectivity index (χ2v) is 6.98. The zero-order valence-corrected chi connectivity index (χ0v) is 15.9. The zero-order valence-electron chi connectivity index (χ0n) is 11.2. The van der Waals surface area contributed by atoms with Gasteiger partial charge in [0.2, 0.25) is 0 Å². The Bertz CT molecular complexity index is 517. The summed E-state index contributed by atoms with van der Waals surface area (Å²) in [6.07, 6.45) is 3.01. The Kier molecular flexibility index (Phi) is 8.51. The van der Waals surface area contributed by atoms with Crippen LogP contribution >= 0.6 is 47.8 Å². The van der Waals surface area contributed by atoms with Crippen molar-refractivity contribution in [3.05, 3.63) is 31.1 Å². The molecule has 0 bridgehead atoms. The van der Waals surface area contributed by atoms with Crippen LogP contribution in [-0.4, -0.2) is 18.5 Å². The van der Waals surface area contributed by atoms with Gasteiger partial charge >= 0.3 is 5.97 Å². The van der Waals surface area contributed by atoms with Gasteiger partial charge in [0.05, 0.1) is 12.2 Å². The molecule has 116 valence electrons. The van der Waals surface area contributed by atoms with Gasteiger partial charge in [0.1, 0.15) is 0 Å². The van der Waals surface area contributed by atoms with Crippen molar-refractivity contribution in [1.82, 2.24) is 0 Å². The number of aliphatic carboxylic acids is 1. The number of ether oxygens (including phenoxy) is 1. The van der Waals surface area contributed by atoms with Gasteiger partial charge in [-0.15, -0.1) is 0 Å². The summed E-state index contributed by atoms with van der Waals surface area (Å²) < 4.78 is 7.42. The average molecular weight is 486 g/mol. The first-order chi connectivity index (χ1) is 9.91. The number of hydrogen-bond acceptors (Lipinski definition) is 4. The van der Waals surface area contributed by atoms with Gasteiger partial charge in [0, 0.05) is 19.4 Å². The first-order valence-electron chi connectivity index (χ1n) is 6.43. The lowest BCUT2D eigenvalue weighted by Gasteiger charge is -2.08. The largest absolute Gasteiger partial charge is 0.550 e. The van der Waals surface area contributed by atoms with E-state index >= 15 is 0 Å². The Labute approximate surface area is 148 Å². The van der Waals surface area contributed by atoms with E-state index in [4.69, 9.17) is 4.74 Å². The molecule has 21 heavy (non-hydrogen) atoms. The highest BCUT2D eigenvalue weighted by Gasteiger charge is 2.14. The molecule has 0 amide bonds. The second-order valence-electron chi connectivity index (χ2n) is 4.42. The third-order valence-electron chi connectivity index (χ3n) is 2.72. The monoisotopic (exact) mass is 483 g/mol. The fourth-order valence-electron chi connectivity index (χ4n) is 1.67. The number of carbonyl (C=O) groups is 2. The first kappa shape index (κ1) is 18.6. The molecule has 0 radical (unpaired) electrons. The molecule has 0 fully saturated rings. The molecule has 0 saturated heterocycles. The SMILES string of the molecule is O=C([O-])CCCCCCOC(=O)c1cc(Br)cc(Br)c1Br. The standard InChI is InChI=1S/C14H15Br3O4/c15-9-7-10(13(17)11(16)8-9)14(20)21-6-4-2-1-3-5-12(18)19/h7-8H,1-6H2,(H,18,19)/p-1. The van der Waals surface area contributed by atoms with E-state index in [-0.39, 0.29) is 6.42 Å². The van der Waals surface area contributed by atoms with Crippen molar-refractivity contribution < 1.29 is 19.4 Å². The van der Waals surface area contributed by atoms with Gasteiger partial charge in [-0.3, -0.25) is 0 Å². The number of carboxylic acids is 1. The van der Waals surface area contributed by atoms with Gasteiger partial charge in [-0.25, -0.2) is 4.79 Å². The van der Waals surface area contributed by atoms with Crippen LogP contribution in [0.2, 0.25) is 0 Å². The number of hydrogen-bond donors (Lipinski definition) is 0. The maximum absolute atomic E-state index is 12.0. The molecular formula is C14H14Br3O4-. The highest BCUT2D eigenvalue weighted by molar-refractivity contribution is 9.13. The van der Waals surface area contributed by atoms with Gasteiger partial charge in [-0.05, 0) is 63.3 Å². The van der Waals surface area contributed by atoms with E-state index in [0.29, 0.717) is 29.5 Å². The predicted octanol–water partition coefficient (Wildman–Crippen LogP) is 3.83. The van der Waals surface area contributed by atoms with Gasteiger partial charge in [-0.2, -0.15) is 0 Å². The predicted molar refractivity (Wildman–Crippen MR) is 87.9 cm³/mol. The second kappa shape index (κ2) is 9.58. The molecule has 0 aliphatic rings. The van der Waals surface area contributed by atoms with Gasteiger partial charge in [0.25, 0.3) is 0 Å². The van der Waals surface area contributed by atoms with Gasteiger partial charge in [0.15, 0.2) is 0 Å². The van der Waals surface area contributed by atoms with E-state index in [2.05, 4.69) is 47.8 Å². The van der Waals surface area contributed by atoms with E-state index in [1.54, 1.807) is 6.07 Å². The molecule has 4 nitrogen and oxygen atoms in total. The van der Waals surface area contributed by atoms with Crippen molar-refractivity contribution in [3.63, 3.8) is 0 Å². The smallest absolute Gasteiger partial charge is 0.339 e. The van der Waals surface area contributed by atoms with Crippen LogP contribution < -0.4 is 5.11 Å². The lowest BCUT2D eigenvalue weighted by Crippen LogP contribution is -2.21. The molecule has 7 heteroatoms. The summed E-state index contributed by atoms with van der Waals surface area (Å²) in [5.41, 5.74) is 0.452. The topological polar surface area (TPSA) is 66.4 Å². The Morgan fingerprint density at radius 2 is 1.71 bits per heavy atom. The van der Waals surface area contributed by atoms with Crippen molar-refractivity contribution in [2.45, 2.75) is 32.1 Å². The number of halogens is 3. The normalized spacial score (nSPS) is 10.4. The maximum Gasteiger partial charge on any atom is 0.339 e. The molecule has 0 saturated carbocycles. The van der Waals surface area contributed by atoms with Crippen molar-refractivity contribution in [2.24, 2.45) is 0 Å². The van der Waals surface area contributed by atoms with E-state index in [1.165, 1.54) is 0 Å². The van der Waals surface area contributed by atoms with Crippen LogP contribution in [0, 0.1) is 0 Å². The molecule has 1 rings (SSSR count). The minimum absolute atomic E-state index is 0.0821. The molecule has 0 aliphatic heterocycles. The Hall–Kier alpha value is -0.400.